The number of aromatic nitrogens is 1. The van der Waals surface area contributed by atoms with Crippen LogP contribution in [-0.4, -0.2) is 93.2 Å². The minimum Gasteiger partial charge on any atom is -0.477 e. The zero-order valence-corrected chi connectivity index (χ0v) is 21.1. The standard InChI is InChI=1S/C18H21N5O10S3/c1-36(30,31)20-2-3-32-22-13(10-6-34-17(19)21-10)11(24)5-9-14(26)23-15(9)35(29)7-8-4-12(25)33-18(8,23)16(27)28/h6,8-9,15,20H,2-5,7H2,1H3,(H2,19,21)(H,27,28)/b22-13-/t8-,9+,15+,18+,35-/m0/s1. The summed E-state index contributed by atoms with van der Waals surface area (Å²) in [4.78, 5) is 59.9. The fourth-order valence-electron chi connectivity index (χ4n) is 4.36. The average Bonchev–Trinajstić information content (AvgIpc) is 3.34. The maximum Gasteiger partial charge on any atom is 0.370 e. The Bertz CT molecular complexity index is 1290. The van der Waals surface area contributed by atoms with Gasteiger partial charge >= 0.3 is 11.9 Å². The molecule has 1 amide bonds. The lowest BCUT2D eigenvalue weighted by atomic mass is 9.84. The fourth-order valence-corrected chi connectivity index (χ4v) is 7.37. The van der Waals surface area contributed by atoms with Crippen LogP contribution < -0.4 is 10.5 Å². The number of Topliss-reactive ketones (excluding diaryl/α,β-unsaturated/α-hetero) is 1. The van der Waals surface area contributed by atoms with Crippen molar-refractivity contribution in [2.45, 2.75) is 23.9 Å². The minimum atomic E-state index is -3.46. The van der Waals surface area contributed by atoms with Gasteiger partial charge in [0.05, 0.1) is 24.5 Å². The molecule has 3 aliphatic heterocycles. The number of nitrogens with two attached hydrogens (primary N) is 1. The average molecular weight is 564 g/mol. The summed E-state index contributed by atoms with van der Waals surface area (Å²) in [6.07, 6.45) is 0.174. The Morgan fingerprint density at radius 3 is 2.81 bits per heavy atom. The van der Waals surface area contributed by atoms with E-state index in [2.05, 4.69) is 14.9 Å². The highest BCUT2D eigenvalue weighted by Crippen LogP contribution is 2.50. The maximum atomic E-state index is 13.1. The maximum absolute atomic E-state index is 13.1. The smallest absolute Gasteiger partial charge is 0.370 e. The summed E-state index contributed by atoms with van der Waals surface area (Å²) in [5.74, 6) is -6.18. The third-order valence-electron chi connectivity index (χ3n) is 5.84. The number of fused-ring (bicyclic) bond motifs is 3. The topological polar surface area (TPSA) is 225 Å². The number of ketones is 1. The SMILES string of the molecule is CS(=O)(=O)NCCO/N=C(\C(=O)C[C@@H]1C(=O)N2[C@@H]1[S@@](=O)C[C@@H]1CC(=O)O[C@@]12C(=O)O)c1csc(N)n1. The first-order valence-electron chi connectivity index (χ1n) is 10.4. The monoisotopic (exact) mass is 563 g/mol. The third-order valence-corrected chi connectivity index (χ3v) is 9.05. The number of aliphatic carboxylic acids is 1. The van der Waals surface area contributed by atoms with Crippen LogP contribution in [0.25, 0.3) is 0 Å². The number of oxime groups is 1. The molecule has 3 saturated heterocycles. The molecule has 0 bridgehead atoms. The molecular weight excluding hydrogens is 542 g/mol. The van der Waals surface area contributed by atoms with Crippen LogP contribution in [0.4, 0.5) is 5.13 Å². The van der Waals surface area contributed by atoms with Gasteiger partial charge in [0.15, 0.2) is 16.6 Å². The lowest BCUT2D eigenvalue weighted by Crippen LogP contribution is -2.78. The number of carboxylic acids is 1. The number of β-lactam (4-membered cyclic amide) rings is 1. The van der Waals surface area contributed by atoms with Gasteiger partial charge in [-0.15, -0.1) is 11.3 Å². The highest BCUT2D eigenvalue weighted by molar-refractivity contribution is 7.88. The van der Waals surface area contributed by atoms with Crippen molar-refractivity contribution in [2.75, 3.05) is 30.9 Å². The molecule has 0 aromatic carbocycles. The van der Waals surface area contributed by atoms with Crippen molar-refractivity contribution in [1.29, 1.82) is 0 Å². The number of sulfonamides is 1. The van der Waals surface area contributed by atoms with E-state index in [-0.39, 0.29) is 41.9 Å². The first-order valence-corrected chi connectivity index (χ1v) is 14.5. The molecule has 0 spiro atoms. The summed E-state index contributed by atoms with van der Waals surface area (Å²) in [6, 6.07) is 0. The first-order chi connectivity index (χ1) is 16.8. The van der Waals surface area contributed by atoms with Crippen molar-refractivity contribution in [3.8, 4) is 0 Å². The van der Waals surface area contributed by atoms with Crippen LogP contribution in [0.5, 0.6) is 0 Å². The van der Waals surface area contributed by atoms with Gasteiger partial charge in [0.1, 0.15) is 17.7 Å². The molecule has 4 rings (SSSR count). The van der Waals surface area contributed by atoms with Crippen LogP contribution in [0, 0.1) is 11.8 Å². The van der Waals surface area contributed by atoms with Crippen molar-refractivity contribution in [2.24, 2.45) is 17.0 Å². The largest absolute Gasteiger partial charge is 0.477 e. The molecule has 15 nitrogen and oxygen atoms in total. The van der Waals surface area contributed by atoms with E-state index < -0.39 is 73.8 Å². The number of esters is 1. The molecular formula is C18H21N5O10S3. The van der Waals surface area contributed by atoms with Crippen LogP contribution in [0.1, 0.15) is 18.5 Å². The number of thiazole rings is 1. The number of ether oxygens (including phenoxy) is 1. The predicted molar refractivity (Wildman–Crippen MR) is 123 cm³/mol. The van der Waals surface area contributed by atoms with Crippen molar-refractivity contribution in [3.63, 3.8) is 0 Å². The Morgan fingerprint density at radius 2 is 2.19 bits per heavy atom. The van der Waals surface area contributed by atoms with Crippen molar-refractivity contribution in [1.82, 2.24) is 14.6 Å². The number of carbonyl (C=O) groups is 4. The molecule has 1 aromatic heterocycles. The van der Waals surface area contributed by atoms with E-state index in [1.54, 1.807) is 0 Å². The number of hydrogen-bond donors (Lipinski definition) is 3. The molecule has 1 aromatic rings. The second kappa shape index (κ2) is 9.49. The van der Waals surface area contributed by atoms with Crippen molar-refractivity contribution in [3.05, 3.63) is 11.1 Å². The van der Waals surface area contributed by atoms with Crippen LogP contribution in [0.15, 0.2) is 10.5 Å². The lowest BCUT2D eigenvalue weighted by Gasteiger charge is -2.56. The number of amides is 1. The molecule has 0 unspecified atom stereocenters. The molecule has 3 fully saturated rings. The first kappa shape index (κ1) is 26.1. The molecule has 0 radical (unpaired) electrons. The molecule has 3 aliphatic rings. The van der Waals surface area contributed by atoms with E-state index in [0.29, 0.717) is 0 Å². The van der Waals surface area contributed by atoms with Gasteiger partial charge in [-0.3, -0.25) is 23.5 Å². The molecule has 5 atom stereocenters. The number of hydrogen-bond acceptors (Lipinski definition) is 13. The number of nitrogen functional groups attached to an aromatic ring is 1. The summed E-state index contributed by atoms with van der Waals surface area (Å²) in [5.41, 5.74) is 3.15. The number of rotatable bonds is 10. The highest BCUT2D eigenvalue weighted by atomic mass is 32.2. The summed E-state index contributed by atoms with van der Waals surface area (Å²) in [6.45, 7) is -0.350. The molecule has 196 valence electrons. The Balaban J connectivity index is 1.53. The van der Waals surface area contributed by atoms with Gasteiger partial charge in [0.25, 0.3) is 5.72 Å². The second-order valence-electron chi connectivity index (χ2n) is 8.27. The number of anilines is 1. The zero-order chi connectivity index (χ0) is 26.4. The number of nitrogens with zero attached hydrogens (tertiary/aromatic N) is 3. The quantitative estimate of drug-likeness (QED) is 0.0910. The fraction of sp³-hybridized carbons (Fsp3) is 0.556. The molecule has 36 heavy (non-hydrogen) atoms. The van der Waals surface area contributed by atoms with Crippen molar-refractivity contribution < 1.29 is 46.5 Å². The normalized spacial score (nSPS) is 29.7. The Hall–Kier alpha value is -2.96. The number of nitrogens with one attached hydrogen (secondary N) is 1. The van der Waals surface area contributed by atoms with E-state index in [9.17, 15) is 36.9 Å². The highest BCUT2D eigenvalue weighted by Gasteiger charge is 2.72. The van der Waals surface area contributed by atoms with Crippen LogP contribution in [0.2, 0.25) is 0 Å². The zero-order valence-electron chi connectivity index (χ0n) is 18.6. The van der Waals surface area contributed by atoms with Crippen LogP contribution in [-0.2, 0) is 49.6 Å². The Labute approximate surface area is 210 Å². The van der Waals surface area contributed by atoms with Gasteiger partial charge in [-0.05, 0) is 0 Å². The van der Waals surface area contributed by atoms with Gasteiger partial charge in [0.2, 0.25) is 15.9 Å². The summed E-state index contributed by atoms with van der Waals surface area (Å²) in [7, 11) is -5.21. The molecule has 0 saturated carbocycles. The molecule has 4 heterocycles. The summed E-state index contributed by atoms with van der Waals surface area (Å²) in [5, 5.41) is 14.0. The summed E-state index contributed by atoms with van der Waals surface area (Å²) >= 11 is 1.02. The number of carboxylic acid groups (broad SMARTS) is 1. The van der Waals surface area contributed by atoms with E-state index >= 15 is 0 Å². The van der Waals surface area contributed by atoms with E-state index in [1.807, 2.05) is 0 Å². The van der Waals surface area contributed by atoms with E-state index in [0.717, 1.165) is 22.5 Å². The van der Waals surface area contributed by atoms with Gasteiger partial charge in [-0.1, -0.05) is 5.16 Å². The minimum absolute atomic E-state index is 0.0544. The van der Waals surface area contributed by atoms with Crippen LogP contribution >= 0.6 is 11.3 Å². The summed E-state index contributed by atoms with van der Waals surface area (Å²) < 4.78 is 42.4. The lowest BCUT2D eigenvalue weighted by molar-refractivity contribution is -0.220. The molecule has 18 heteroatoms. The van der Waals surface area contributed by atoms with Gasteiger partial charge < -0.3 is 20.4 Å². The van der Waals surface area contributed by atoms with Gasteiger partial charge in [-0.2, -0.15) is 0 Å². The Morgan fingerprint density at radius 1 is 1.47 bits per heavy atom. The van der Waals surface area contributed by atoms with Gasteiger partial charge in [-0.25, -0.2) is 22.9 Å². The second-order valence-corrected chi connectivity index (χ2v) is 12.6. The molecule has 4 N–H and O–H groups in total. The van der Waals surface area contributed by atoms with E-state index in [1.165, 1.54) is 5.38 Å². The third kappa shape index (κ3) is 4.60. The van der Waals surface area contributed by atoms with E-state index in [4.69, 9.17) is 15.3 Å². The number of carbonyl (C=O) groups excluding carboxylic acids is 3. The van der Waals surface area contributed by atoms with Crippen molar-refractivity contribution >= 4 is 66.6 Å². The Kier molecular flexibility index (Phi) is 6.88. The molecule has 0 aliphatic carbocycles. The van der Waals surface area contributed by atoms with Crippen LogP contribution in [0.3, 0.4) is 0 Å². The predicted octanol–water partition coefficient (Wildman–Crippen LogP) is -2.15. The van der Waals surface area contributed by atoms with Gasteiger partial charge in [0, 0.05) is 34.9 Å².